The number of nitrogens with zero attached hydrogens (tertiary/aromatic N) is 2. The Bertz CT molecular complexity index is 529. The van der Waals surface area contributed by atoms with Crippen molar-refractivity contribution in [3.05, 3.63) is 24.3 Å². The standard InChI is InChI=1S/C15H21F3N4O2/c16-15(17,18)24-13-4-2-12(3-5-13)21-14(19)20-6-1-7-22-8-10-23-11-9-22/h2-5H,1,6-11H2,(H3,19,20,21). The molecule has 134 valence electrons. The highest BCUT2D eigenvalue weighted by Gasteiger charge is 2.30. The first-order valence-corrected chi connectivity index (χ1v) is 7.65. The Morgan fingerprint density at radius 3 is 2.54 bits per heavy atom. The van der Waals surface area contributed by atoms with E-state index in [-0.39, 0.29) is 11.7 Å². The van der Waals surface area contributed by atoms with Crippen molar-refractivity contribution in [2.45, 2.75) is 12.8 Å². The number of morpholine rings is 1. The number of anilines is 1. The molecule has 0 amide bonds. The molecule has 0 bridgehead atoms. The van der Waals surface area contributed by atoms with Crippen LogP contribution < -0.4 is 15.8 Å². The zero-order chi connectivity index (χ0) is 17.4. The number of aliphatic imine (C=N–C) groups is 1. The molecule has 2 rings (SSSR count). The first-order valence-electron chi connectivity index (χ1n) is 7.65. The number of alkyl halides is 3. The minimum absolute atomic E-state index is 0.224. The second kappa shape index (κ2) is 8.74. The lowest BCUT2D eigenvalue weighted by Crippen LogP contribution is -2.37. The highest BCUT2D eigenvalue weighted by Crippen LogP contribution is 2.23. The molecule has 0 aliphatic carbocycles. The molecule has 9 heteroatoms. The monoisotopic (exact) mass is 346 g/mol. The predicted octanol–water partition coefficient (Wildman–Crippen LogP) is 2.03. The minimum atomic E-state index is -4.70. The van der Waals surface area contributed by atoms with E-state index in [1.54, 1.807) is 0 Å². The highest BCUT2D eigenvalue weighted by molar-refractivity contribution is 5.92. The Balaban J connectivity index is 1.71. The van der Waals surface area contributed by atoms with Gasteiger partial charge in [0.15, 0.2) is 5.96 Å². The number of nitrogens with two attached hydrogens (primary N) is 1. The number of benzene rings is 1. The van der Waals surface area contributed by atoms with E-state index >= 15 is 0 Å². The predicted molar refractivity (Wildman–Crippen MR) is 85.1 cm³/mol. The van der Waals surface area contributed by atoms with Crippen molar-refractivity contribution in [2.24, 2.45) is 10.7 Å². The normalized spacial score (nSPS) is 16.9. The van der Waals surface area contributed by atoms with Gasteiger partial charge >= 0.3 is 6.36 Å². The summed E-state index contributed by atoms with van der Waals surface area (Å²) in [4.78, 5) is 6.51. The van der Waals surface area contributed by atoms with Crippen molar-refractivity contribution in [1.82, 2.24) is 4.90 Å². The molecule has 1 aromatic rings. The second-order valence-electron chi connectivity index (χ2n) is 5.27. The summed E-state index contributed by atoms with van der Waals surface area (Å²) in [6.45, 7) is 4.91. The maximum Gasteiger partial charge on any atom is 0.573 e. The third-order valence-electron chi connectivity index (χ3n) is 3.38. The summed E-state index contributed by atoms with van der Waals surface area (Å²) < 4.78 is 45.3. The van der Waals surface area contributed by atoms with E-state index in [9.17, 15) is 13.2 Å². The third-order valence-corrected chi connectivity index (χ3v) is 3.38. The van der Waals surface area contributed by atoms with Crippen LogP contribution in [0.1, 0.15) is 6.42 Å². The van der Waals surface area contributed by atoms with Gasteiger partial charge < -0.3 is 20.5 Å². The Morgan fingerprint density at radius 2 is 1.92 bits per heavy atom. The Kier molecular flexibility index (Phi) is 6.68. The van der Waals surface area contributed by atoms with Crippen molar-refractivity contribution in [3.8, 4) is 5.75 Å². The molecule has 1 heterocycles. The summed E-state index contributed by atoms with van der Waals surface area (Å²) in [6.07, 6.45) is -3.82. The molecule has 24 heavy (non-hydrogen) atoms. The van der Waals surface area contributed by atoms with Gasteiger partial charge in [0.1, 0.15) is 5.75 Å². The fourth-order valence-corrected chi connectivity index (χ4v) is 2.25. The van der Waals surface area contributed by atoms with Gasteiger partial charge in [0, 0.05) is 31.9 Å². The van der Waals surface area contributed by atoms with E-state index in [4.69, 9.17) is 10.5 Å². The summed E-state index contributed by atoms with van der Waals surface area (Å²) in [5.41, 5.74) is 6.30. The topological polar surface area (TPSA) is 72.1 Å². The summed E-state index contributed by atoms with van der Waals surface area (Å²) >= 11 is 0. The van der Waals surface area contributed by atoms with Gasteiger partial charge in [-0.25, -0.2) is 0 Å². The fourth-order valence-electron chi connectivity index (χ4n) is 2.25. The molecule has 6 nitrogen and oxygen atoms in total. The molecule has 0 spiro atoms. The molecule has 1 aliphatic heterocycles. The van der Waals surface area contributed by atoms with Gasteiger partial charge in [-0.15, -0.1) is 13.2 Å². The first kappa shape index (κ1) is 18.3. The molecule has 1 fully saturated rings. The van der Waals surface area contributed by atoms with Crippen molar-refractivity contribution in [1.29, 1.82) is 0 Å². The number of ether oxygens (including phenoxy) is 2. The molecule has 0 atom stereocenters. The van der Waals surface area contributed by atoms with Crippen LogP contribution in [0.2, 0.25) is 0 Å². The number of hydrogen-bond donors (Lipinski definition) is 2. The Hall–Kier alpha value is -2.00. The number of rotatable bonds is 6. The SMILES string of the molecule is NC(=NCCCN1CCOCC1)Nc1ccc(OC(F)(F)F)cc1. The van der Waals surface area contributed by atoms with Gasteiger partial charge in [-0.3, -0.25) is 9.89 Å². The van der Waals surface area contributed by atoms with E-state index in [0.29, 0.717) is 12.2 Å². The van der Waals surface area contributed by atoms with Gasteiger partial charge in [-0.05, 0) is 30.7 Å². The maximum atomic E-state index is 12.1. The molecule has 1 aromatic carbocycles. The van der Waals surface area contributed by atoms with Crippen LogP contribution in [0.15, 0.2) is 29.3 Å². The number of guanidine groups is 1. The summed E-state index contributed by atoms with van der Waals surface area (Å²) in [7, 11) is 0. The van der Waals surface area contributed by atoms with Crippen LogP contribution in [0.25, 0.3) is 0 Å². The zero-order valence-electron chi connectivity index (χ0n) is 13.2. The van der Waals surface area contributed by atoms with Gasteiger partial charge in [0.25, 0.3) is 0 Å². The van der Waals surface area contributed by atoms with Crippen LogP contribution in [0.3, 0.4) is 0 Å². The lowest BCUT2D eigenvalue weighted by Gasteiger charge is -2.26. The molecule has 0 radical (unpaired) electrons. The smallest absolute Gasteiger partial charge is 0.406 e. The highest BCUT2D eigenvalue weighted by atomic mass is 19.4. The van der Waals surface area contributed by atoms with E-state index in [2.05, 4.69) is 19.9 Å². The van der Waals surface area contributed by atoms with Crippen LogP contribution in [0.5, 0.6) is 5.75 Å². The molecule has 1 aliphatic rings. The van der Waals surface area contributed by atoms with Crippen LogP contribution >= 0.6 is 0 Å². The largest absolute Gasteiger partial charge is 0.573 e. The van der Waals surface area contributed by atoms with Gasteiger partial charge in [0.05, 0.1) is 13.2 Å². The van der Waals surface area contributed by atoms with E-state index in [1.165, 1.54) is 24.3 Å². The minimum Gasteiger partial charge on any atom is -0.406 e. The number of halogens is 3. The van der Waals surface area contributed by atoms with Gasteiger partial charge in [0.2, 0.25) is 0 Å². The molecule has 0 unspecified atom stereocenters. The summed E-state index contributed by atoms with van der Waals surface area (Å²) in [6, 6.07) is 5.30. The van der Waals surface area contributed by atoms with Crippen molar-refractivity contribution in [3.63, 3.8) is 0 Å². The Labute approximate surface area is 138 Å². The molecule has 0 aromatic heterocycles. The lowest BCUT2D eigenvalue weighted by atomic mass is 10.3. The quantitative estimate of drug-likeness (QED) is 0.469. The average Bonchev–Trinajstić information content (AvgIpc) is 2.53. The molecular formula is C15H21F3N4O2. The number of nitrogens with one attached hydrogen (secondary N) is 1. The van der Waals surface area contributed by atoms with Gasteiger partial charge in [-0.2, -0.15) is 0 Å². The fraction of sp³-hybridized carbons (Fsp3) is 0.533. The van der Waals surface area contributed by atoms with Crippen molar-refractivity contribution >= 4 is 11.6 Å². The molecule has 3 N–H and O–H groups in total. The van der Waals surface area contributed by atoms with E-state index in [1.807, 2.05) is 0 Å². The zero-order valence-corrected chi connectivity index (χ0v) is 13.2. The number of hydrogen-bond acceptors (Lipinski definition) is 4. The van der Waals surface area contributed by atoms with Crippen LogP contribution in [-0.4, -0.2) is 56.6 Å². The van der Waals surface area contributed by atoms with Crippen molar-refractivity contribution < 1.29 is 22.6 Å². The first-order chi connectivity index (χ1) is 11.4. The van der Waals surface area contributed by atoms with Crippen LogP contribution in [0, 0.1) is 0 Å². The maximum absolute atomic E-state index is 12.1. The molecule has 0 saturated carbocycles. The molecule has 1 saturated heterocycles. The molecular weight excluding hydrogens is 325 g/mol. The van der Waals surface area contributed by atoms with E-state index < -0.39 is 6.36 Å². The van der Waals surface area contributed by atoms with Crippen LogP contribution in [-0.2, 0) is 4.74 Å². The average molecular weight is 346 g/mol. The van der Waals surface area contributed by atoms with Gasteiger partial charge in [-0.1, -0.05) is 0 Å². The van der Waals surface area contributed by atoms with E-state index in [0.717, 1.165) is 39.3 Å². The van der Waals surface area contributed by atoms with Crippen LogP contribution in [0.4, 0.5) is 18.9 Å². The summed E-state index contributed by atoms with van der Waals surface area (Å²) in [5, 5.41) is 2.83. The lowest BCUT2D eigenvalue weighted by molar-refractivity contribution is -0.274. The summed E-state index contributed by atoms with van der Waals surface area (Å²) in [5.74, 6) is -0.0597. The van der Waals surface area contributed by atoms with Crippen molar-refractivity contribution in [2.75, 3.05) is 44.7 Å². The third kappa shape index (κ3) is 7.05. The Morgan fingerprint density at radius 1 is 1.25 bits per heavy atom. The second-order valence-corrected chi connectivity index (χ2v) is 5.27.